The maximum atomic E-state index is 13.0. The van der Waals surface area contributed by atoms with Crippen molar-refractivity contribution in [2.45, 2.75) is 38.6 Å². The Labute approximate surface area is 173 Å². The number of ketones is 1. The number of hydrogen-bond acceptors (Lipinski definition) is 4. The lowest BCUT2D eigenvalue weighted by atomic mass is 10.0. The van der Waals surface area contributed by atoms with Crippen molar-refractivity contribution in [2.75, 3.05) is 31.6 Å². The summed E-state index contributed by atoms with van der Waals surface area (Å²) in [4.78, 5) is 21.9. The van der Waals surface area contributed by atoms with Crippen LogP contribution >= 0.6 is 12.4 Å². The molecule has 1 aliphatic heterocycles. The highest BCUT2D eigenvalue weighted by Crippen LogP contribution is 2.21. The molecule has 0 aliphatic carbocycles. The zero-order valence-corrected chi connectivity index (χ0v) is 17.4. The lowest BCUT2D eigenvalue weighted by Gasteiger charge is -2.37. The number of halogens is 2. The molecule has 3 rings (SSSR count). The average molecular weight is 406 g/mol. The van der Waals surface area contributed by atoms with Crippen molar-refractivity contribution in [1.29, 1.82) is 0 Å². The molecule has 0 atom stereocenters. The molecule has 1 aliphatic rings. The molecule has 0 spiro atoms. The Morgan fingerprint density at radius 1 is 1.18 bits per heavy atom. The van der Waals surface area contributed by atoms with Crippen LogP contribution in [0.4, 0.5) is 10.2 Å². The molecule has 6 heteroatoms. The quantitative estimate of drug-likeness (QED) is 0.640. The molecule has 1 saturated heterocycles. The topological polar surface area (TPSA) is 36.4 Å². The van der Waals surface area contributed by atoms with E-state index in [-0.39, 0.29) is 30.4 Å². The maximum Gasteiger partial charge on any atom is 0.168 e. The second-order valence-electron chi connectivity index (χ2n) is 7.28. The van der Waals surface area contributed by atoms with Gasteiger partial charge in [-0.2, -0.15) is 0 Å². The van der Waals surface area contributed by atoms with E-state index in [9.17, 15) is 9.18 Å². The molecule has 0 radical (unpaired) electrons. The highest BCUT2D eigenvalue weighted by molar-refractivity contribution is 5.97. The molecule has 2 aromatic rings. The van der Waals surface area contributed by atoms with Crippen molar-refractivity contribution in [3.8, 4) is 0 Å². The van der Waals surface area contributed by atoms with Gasteiger partial charge in [0.2, 0.25) is 0 Å². The zero-order valence-electron chi connectivity index (χ0n) is 16.6. The Bertz CT molecular complexity index is 761. The summed E-state index contributed by atoms with van der Waals surface area (Å²) >= 11 is 0. The van der Waals surface area contributed by atoms with Gasteiger partial charge in [0, 0.05) is 31.7 Å². The lowest BCUT2D eigenvalue weighted by Crippen LogP contribution is -2.43. The molecule has 0 saturated carbocycles. The van der Waals surface area contributed by atoms with Crippen molar-refractivity contribution in [1.82, 2.24) is 9.88 Å². The summed E-state index contributed by atoms with van der Waals surface area (Å²) in [5.41, 5.74) is 1.26. The predicted molar refractivity (Wildman–Crippen MR) is 114 cm³/mol. The predicted octanol–water partition coefficient (Wildman–Crippen LogP) is 4.38. The molecular weight excluding hydrogens is 377 g/mol. The molecule has 0 bridgehead atoms. The summed E-state index contributed by atoms with van der Waals surface area (Å²) in [5.74, 6) is 0.529. The highest BCUT2D eigenvalue weighted by Gasteiger charge is 2.23. The number of pyridine rings is 1. The van der Waals surface area contributed by atoms with Crippen molar-refractivity contribution in [3.63, 3.8) is 0 Å². The molecule has 0 N–H and O–H groups in total. The van der Waals surface area contributed by atoms with E-state index in [1.807, 2.05) is 18.2 Å². The Morgan fingerprint density at radius 3 is 2.50 bits per heavy atom. The highest BCUT2D eigenvalue weighted by atomic mass is 35.5. The summed E-state index contributed by atoms with van der Waals surface area (Å²) in [5, 5.41) is 0. The Morgan fingerprint density at radius 2 is 1.86 bits per heavy atom. The monoisotopic (exact) mass is 405 g/mol. The standard InChI is InChI=1S/C22H28FN3O.ClH/c1-3-13-26-14-11-20(12-15-26)25(2)22-6-4-5-19(24-22)16-21(27)17-7-9-18(23)10-8-17;/h4-10,20H,3,11-16H2,1-2H3;1H. The molecule has 0 amide bonds. The average Bonchev–Trinajstić information content (AvgIpc) is 2.69. The molecule has 0 unspecified atom stereocenters. The minimum absolute atomic E-state index is 0. The fourth-order valence-corrected chi connectivity index (χ4v) is 3.70. The van der Waals surface area contributed by atoms with E-state index < -0.39 is 0 Å². The van der Waals surface area contributed by atoms with Gasteiger partial charge in [0.1, 0.15) is 11.6 Å². The number of Topliss-reactive ketones (excluding diaryl/α,β-unsaturated/α-hetero) is 1. The number of aromatic nitrogens is 1. The third-order valence-corrected chi connectivity index (χ3v) is 5.31. The summed E-state index contributed by atoms with van der Waals surface area (Å²) in [6.07, 6.45) is 3.70. The number of anilines is 1. The van der Waals surface area contributed by atoms with Gasteiger partial charge >= 0.3 is 0 Å². The number of benzene rings is 1. The van der Waals surface area contributed by atoms with Crippen LogP contribution in [0.2, 0.25) is 0 Å². The van der Waals surface area contributed by atoms with Gasteiger partial charge in [-0.05, 0) is 62.2 Å². The van der Waals surface area contributed by atoms with Crippen LogP contribution < -0.4 is 4.90 Å². The summed E-state index contributed by atoms with van der Waals surface area (Å²) in [6.45, 7) is 5.66. The Hall–Kier alpha value is -1.98. The smallest absolute Gasteiger partial charge is 0.168 e. The number of carbonyl (C=O) groups is 1. The van der Waals surface area contributed by atoms with Gasteiger partial charge in [-0.3, -0.25) is 4.79 Å². The minimum atomic E-state index is -0.335. The number of nitrogens with zero attached hydrogens (tertiary/aromatic N) is 3. The second-order valence-corrected chi connectivity index (χ2v) is 7.28. The Balaban J connectivity index is 0.00000280. The first-order chi connectivity index (χ1) is 13.1. The summed E-state index contributed by atoms with van der Waals surface area (Å²) < 4.78 is 13.0. The van der Waals surface area contributed by atoms with Crippen LogP contribution in [0.1, 0.15) is 42.2 Å². The fourth-order valence-electron chi connectivity index (χ4n) is 3.70. The third kappa shape index (κ3) is 5.76. The van der Waals surface area contributed by atoms with Gasteiger partial charge in [0.15, 0.2) is 5.78 Å². The van der Waals surface area contributed by atoms with Crippen LogP contribution in [0.5, 0.6) is 0 Å². The van der Waals surface area contributed by atoms with Crippen molar-refractivity contribution >= 4 is 24.0 Å². The minimum Gasteiger partial charge on any atom is -0.357 e. The van der Waals surface area contributed by atoms with E-state index in [0.29, 0.717) is 11.6 Å². The normalized spacial score (nSPS) is 15.1. The van der Waals surface area contributed by atoms with Gasteiger partial charge in [0.05, 0.1) is 12.1 Å². The van der Waals surface area contributed by atoms with E-state index in [2.05, 4.69) is 23.8 Å². The van der Waals surface area contributed by atoms with Crippen molar-refractivity contribution in [3.05, 3.63) is 59.5 Å². The molecule has 1 fully saturated rings. The van der Waals surface area contributed by atoms with Crippen LogP contribution in [0, 0.1) is 5.82 Å². The first kappa shape index (κ1) is 22.3. The van der Waals surface area contributed by atoms with E-state index in [1.165, 1.54) is 37.2 Å². The lowest BCUT2D eigenvalue weighted by molar-refractivity contribution is 0.0992. The number of rotatable bonds is 7. The second kappa shape index (κ2) is 10.5. The molecule has 28 heavy (non-hydrogen) atoms. The van der Waals surface area contributed by atoms with Crippen molar-refractivity contribution in [2.24, 2.45) is 0 Å². The molecule has 4 nitrogen and oxygen atoms in total. The molecule has 2 heterocycles. The Kier molecular flexibility index (Phi) is 8.39. The first-order valence-electron chi connectivity index (χ1n) is 9.76. The maximum absolute atomic E-state index is 13.0. The van der Waals surface area contributed by atoms with Crippen LogP contribution in [0.3, 0.4) is 0 Å². The summed E-state index contributed by atoms with van der Waals surface area (Å²) in [7, 11) is 2.09. The van der Waals surface area contributed by atoms with Crippen LogP contribution in [0.15, 0.2) is 42.5 Å². The van der Waals surface area contributed by atoms with E-state index >= 15 is 0 Å². The van der Waals surface area contributed by atoms with Gasteiger partial charge in [0.25, 0.3) is 0 Å². The molecular formula is C22H29ClFN3O. The van der Waals surface area contributed by atoms with Gasteiger partial charge in [-0.25, -0.2) is 9.37 Å². The third-order valence-electron chi connectivity index (χ3n) is 5.31. The number of likely N-dealkylation sites (tertiary alicyclic amines) is 1. The SMILES string of the molecule is CCCN1CCC(N(C)c2cccc(CC(=O)c3ccc(F)cc3)n2)CC1.Cl. The fraction of sp³-hybridized carbons (Fsp3) is 0.455. The molecule has 152 valence electrons. The van der Waals surface area contributed by atoms with Crippen LogP contribution in [0.25, 0.3) is 0 Å². The van der Waals surface area contributed by atoms with Gasteiger partial charge < -0.3 is 9.80 Å². The molecule has 1 aromatic carbocycles. The largest absolute Gasteiger partial charge is 0.357 e. The summed E-state index contributed by atoms with van der Waals surface area (Å²) in [6, 6.07) is 12.0. The van der Waals surface area contributed by atoms with E-state index in [4.69, 9.17) is 4.98 Å². The van der Waals surface area contributed by atoms with Crippen molar-refractivity contribution < 1.29 is 9.18 Å². The first-order valence-corrected chi connectivity index (χ1v) is 9.76. The number of carbonyl (C=O) groups excluding carboxylic acids is 1. The zero-order chi connectivity index (χ0) is 19.2. The van der Waals surface area contributed by atoms with Crippen LogP contribution in [-0.4, -0.2) is 48.4 Å². The van der Waals surface area contributed by atoms with Crippen LogP contribution in [-0.2, 0) is 6.42 Å². The van der Waals surface area contributed by atoms with Gasteiger partial charge in [-0.1, -0.05) is 13.0 Å². The van der Waals surface area contributed by atoms with Gasteiger partial charge in [-0.15, -0.1) is 12.4 Å². The number of hydrogen-bond donors (Lipinski definition) is 0. The van der Waals surface area contributed by atoms with E-state index in [1.54, 1.807) is 0 Å². The number of piperidine rings is 1. The van der Waals surface area contributed by atoms with E-state index in [0.717, 1.165) is 37.4 Å². The molecule has 1 aromatic heterocycles.